The average molecular weight is 294 g/mol. The van der Waals surface area contributed by atoms with Gasteiger partial charge in [-0.25, -0.2) is 0 Å². The fourth-order valence-corrected chi connectivity index (χ4v) is 2.74. The maximum atomic E-state index is 6.22. The van der Waals surface area contributed by atoms with E-state index in [9.17, 15) is 0 Å². The molecule has 100 valence electrons. The predicted octanol–water partition coefficient (Wildman–Crippen LogP) is 5.33. The Balaban J connectivity index is 2.32. The molecule has 0 saturated carbocycles. The summed E-state index contributed by atoms with van der Waals surface area (Å²) in [7, 11) is 1.98. The van der Waals surface area contributed by atoms with Crippen molar-refractivity contribution in [2.24, 2.45) is 0 Å². The first kappa shape index (κ1) is 14.4. The first-order chi connectivity index (χ1) is 9.15. The van der Waals surface area contributed by atoms with Crippen LogP contribution < -0.4 is 5.32 Å². The summed E-state index contributed by atoms with van der Waals surface area (Å²) in [6, 6.07) is 14.5. The molecule has 0 bridgehead atoms. The third kappa shape index (κ3) is 3.30. The molecule has 0 radical (unpaired) electrons. The van der Waals surface area contributed by atoms with E-state index in [1.54, 1.807) is 6.07 Å². The van der Waals surface area contributed by atoms with Gasteiger partial charge in [-0.3, -0.25) is 0 Å². The molecule has 1 N–H and O–H groups in total. The SMILES string of the molecule is CCC(NC)c1ccc(-c2ccc(Cl)cc2Cl)cc1. The summed E-state index contributed by atoms with van der Waals surface area (Å²) in [4.78, 5) is 0. The second-order valence-electron chi connectivity index (χ2n) is 4.50. The number of benzene rings is 2. The predicted molar refractivity (Wildman–Crippen MR) is 84.0 cm³/mol. The maximum absolute atomic E-state index is 6.22. The van der Waals surface area contributed by atoms with E-state index in [0.29, 0.717) is 16.1 Å². The van der Waals surface area contributed by atoms with Crippen LogP contribution in [0.2, 0.25) is 10.0 Å². The van der Waals surface area contributed by atoms with E-state index < -0.39 is 0 Å². The van der Waals surface area contributed by atoms with Crippen LogP contribution in [0.3, 0.4) is 0 Å². The Kier molecular flexibility index (Phi) is 4.87. The Labute approximate surface area is 124 Å². The molecule has 0 amide bonds. The molecule has 2 rings (SSSR count). The maximum Gasteiger partial charge on any atom is 0.0499 e. The molecule has 0 fully saturated rings. The molecule has 0 aliphatic rings. The quantitative estimate of drug-likeness (QED) is 0.803. The summed E-state index contributed by atoms with van der Waals surface area (Å²) in [6.07, 6.45) is 1.07. The smallest absolute Gasteiger partial charge is 0.0499 e. The van der Waals surface area contributed by atoms with Crippen LogP contribution >= 0.6 is 23.2 Å². The molecule has 3 heteroatoms. The Morgan fingerprint density at radius 1 is 1.05 bits per heavy atom. The Hall–Kier alpha value is -1.02. The lowest BCUT2D eigenvalue weighted by molar-refractivity contribution is 0.577. The third-order valence-electron chi connectivity index (χ3n) is 3.31. The Morgan fingerprint density at radius 2 is 1.74 bits per heavy atom. The highest BCUT2D eigenvalue weighted by atomic mass is 35.5. The zero-order valence-electron chi connectivity index (χ0n) is 11.1. The fourth-order valence-electron chi connectivity index (χ4n) is 2.23. The van der Waals surface area contributed by atoms with E-state index in [0.717, 1.165) is 17.5 Å². The van der Waals surface area contributed by atoms with Gasteiger partial charge in [0.25, 0.3) is 0 Å². The van der Waals surface area contributed by atoms with Gasteiger partial charge >= 0.3 is 0 Å². The van der Waals surface area contributed by atoms with Crippen molar-refractivity contribution < 1.29 is 0 Å². The zero-order chi connectivity index (χ0) is 13.8. The molecule has 0 spiro atoms. The second-order valence-corrected chi connectivity index (χ2v) is 5.34. The molecule has 19 heavy (non-hydrogen) atoms. The first-order valence-corrected chi connectivity index (χ1v) is 7.14. The van der Waals surface area contributed by atoms with Crippen molar-refractivity contribution in [2.45, 2.75) is 19.4 Å². The summed E-state index contributed by atoms with van der Waals surface area (Å²) < 4.78 is 0. The van der Waals surface area contributed by atoms with Gasteiger partial charge in [0.05, 0.1) is 0 Å². The van der Waals surface area contributed by atoms with Crippen LogP contribution in [-0.2, 0) is 0 Å². The van der Waals surface area contributed by atoms with Crippen molar-refractivity contribution in [3.63, 3.8) is 0 Å². The van der Waals surface area contributed by atoms with E-state index in [1.165, 1.54) is 5.56 Å². The largest absolute Gasteiger partial charge is 0.313 e. The highest BCUT2D eigenvalue weighted by Gasteiger charge is 2.08. The first-order valence-electron chi connectivity index (χ1n) is 6.38. The molecule has 2 aromatic rings. The molecular formula is C16H17Cl2N. The molecule has 0 aliphatic carbocycles. The molecule has 1 nitrogen and oxygen atoms in total. The topological polar surface area (TPSA) is 12.0 Å². The van der Waals surface area contributed by atoms with Gasteiger partial charge in [0.15, 0.2) is 0 Å². The van der Waals surface area contributed by atoms with Crippen LogP contribution in [-0.4, -0.2) is 7.05 Å². The minimum atomic E-state index is 0.398. The molecule has 1 unspecified atom stereocenters. The van der Waals surface area contributed by atoms with E-state index in [-0.39, 0.29) is 0 Å². The van der Waals surface area contributed by atoms with Crippen molar-refractivity contribution >= 4 is 23.2 Å². The van der Waals surface area contributed by atoms with Gasteiger partial charge in [0.1, 0.15) is 0 Å². The molecular weight excluding hydrogens is 277 g/mol. The molecule has 0 heterocycles. The Bertz CT molecular complexity index is 545. The minimum Gasteiger partial charge on any atom is -0.313 e. The number of hydrogen-bond donors (Lipinski definition) is 1. The van der Waals surface area contributed by atoms with Crippen LogP contribution in [0.4, 0.5) is 0 Å². The lowest BCUT2D eigenvalue weighted by atomic mass is 9.99. The van der Waals surface area contributed by atoms with Crippen LogP contribution in [0.1, 0.15) is 24.9 Å². The monoisotopic (exact) mass is 293 g/mol. The second kappa shape index (κ2) is 6.42. The normalized spacial score (nSPS) is 12.4. The molecule has 1 atom stereocenters. The summed E-state index contributed by atoms with van der Waals surface area (Å²) in [6.45, 7) is 2.17. The lowest BCUT2D eigenvalue weighted by Crippen LogP contribution is -2.14. The average Bonchev–Trinajstić information content (AvgIpc) is 2.41. The number of rotatable bonds is 4. The van der Waals surface area contributed by atoms with Crippen molar-refractivity contribution in [1.82, 2.24) is 5.32 Å². The lowest BCUT2D eigenvalue weighted by Gasteiger charge is -2.15. The van der Waals surface area contributed by atoms with Gasteiger partial charge in [-0.05, 0) is 36.7 Å². The van der Waals surface area contributed by atoms with Gasteiger partial charge < -0.3 is 5.32 Å². The minimum absolute atomic E-state index is 0.398. The van der Waals surface area contributed by atoms with Gasteiger partial charge in [-0.2, -0.15) is 0 Å². The van der Waals surface area contributed by atoms with Crippen molar-refractivity contribution in [2.75, 3.05) is 7.05 Å². The molecule has 0 aliphatic heterocycles. The van der Waals surface area contributed by atoms with E-state index in [2.05, 4.69) is 36.5 Å². The van der Waals surface area contributed by atoms with E-state index in [4.69, 9.17) is 23.2 Å². The fraction of sp³-hybridized carbons (Fsp3) is 0.250. The Morgan fingerprint density at radius 3 is 2.26 bits per heavy atom. The van der Waals surface area contributed by atoms with E-state index >= 15 is 0 Å². The van der Waals surface area contributed by atoms with Gasteiger partial charge in [-0.15, -0.1) is 0 Å². The van der Waals surface area contributed by atoms with Crippen LogP contribution in [0.15, 0.2) is 42.5 Å². The van der Waals surface area contributed by atoms with Gasteiger partial charge in [0.2, 0.25) is 0 Å². The standard InChI is InChI=1S/C16H17Cl2N/c1-3-16(19-2)12-6-4-11(5-7-12)14-9-8-13(17)10-15(14)18/h4-10,16,19H,3H2,1-2H3. The molecule has 0 aromatic heterocycles. The van der Waals surface area contributed by atoms with Crippen molar-refractivity contribution in [1.29, 1.82) is 0 Å². The molecule has 0 saturated heterocycles. The number of halogens is 2. The summed E-state index contributed by atoms with van der Waals surface area (Å²) >= 11 is 12.1. The highest BCUT2D eigenvalue weighted by Crippen LogP contribution is 2.31. The van der Waals surface area contributed by atoms with Gasteiger partial charge in [-0.1, -0.05) is 60.5 Å². The van der Waals surface area contributed by atoms with Crippen molar-refractivity contribution in [3.8, 4) is 11.1 Å². The molecule has 2 aromatic carbocycles. The van der Waals surface area contributed by atoms with Gasteiger partial charge in [0, 0.05) is 21.7 Å². The van der Waals surface area contributed by atoms with Crippen LogP contribution in [0, 0.1) is 0 Å². The van der Waals surface area contributed by atoms with Crippen LogP contribution in [0.25, 0.3) is 11.1 Å². The number of hydrogen-bond acceptors (Lipinski definition) is 1. The summed E-state index contributed by atoms with van der Waals surface area (Å²) in [5.74, 6) is 0. The number of nitrogens with one attached hydrogen (secondary N) is 1. The zero-order valence-corrected chi connectivity index (χ0v) is 12.6. The summed E-state index contributed by atoms with van der Waals surface area (Å²) in [5.41, 5.74) is 3.41. The van der Waals surface area contributed by atoms with Crippen molar-refractivity contribution in [3.05, 3.63) is 58.1 Å². The highest BCUT2D eigenvalue weighted by molar-refractivity contribution is 6.36. The third-order valence-corrected chi connectivity index (χ3v) is 3.86. The summed E-state index contributed by atoms with van der Waals surface area (Å²) in [5, 5.41) is 4.64. The van der Waals surface area contributed by atoms with Crippen LogP contribution in [0.5, 0.6) is 0 Å². The van der Waals surface area contributed by atoms with E-state index in [1.807, 2.05) is 19.2 Å².